The summed E-state index contributed by atoms with van der Waals surface area (Å²) < 4.78 is 18.0. The minimum absolute atomic E-state index is 0.0587. The molecule has 18 heavy (non-hydrogen) atoms. The van der Waals surface area contributed by atoms with E-state index in [4.69, 9.17) is 14.2 Å². The Bertz CT molecular complexity index is 224. The fourth-order valence-corrected chi connectivity index (χ4v) is 1.66. The SMILES string of the molecule is CC(C)(C)C1OC(C(C)(C)C)OC(C(C)(C)C)O1. The molecule has 0 bridgehead atoms. The third-order valence-corrected chi connectivity index (χ3v) is 2.86. The van der Waals surface area contributed by atoms with Gasteiger partial charge in [-0.2, -0.15) is 0 Å². The maximum atomic E-state index is 6.00. The first-order valence-corrected chi connectivity index (χ1v) is 6.78. The molecule has 0 aromatic heterocycles. The van der Waals surface area contributed by atoms with E-state index in [-0.39, 0.29) is 35.1 Å². The molecular weight excluding hydrogens is 228 g/mol. The van der Waals surface area contributed by atoms with Crippen molar-refractivity contribution < 1.29 is 14.2 Å². The summed E-state index contributed by atoms with van der Waals surface area (Å²) in [4.78, 5) is 0. The minimum atomic E-state index is -0.236. The van der Waals surface area contributed by atoms with Crippen molar-refractivity contribution in [1.82, 2.24) is 0 Å². The maximum Gasteiger partial charge on any atom is 0.168 e. The van der Waals surface area contributed by atoms with Crippen molar-refractivity contribution in [2.45, 2.75) is 81.2 Å². The lowest BCUT2D eigenvalue weighted by Gasteiger charge is -2.48. The molecule has 0 amide bonds. The molecule has 0 spiro atoms. The second-order valence-electron chi connectivity index (χ2n) is 8.50. The van der Waals surface area contributed by atoms with Crippen LogP contribution in [0.1, 0.15) is 62.3 Å². The van der Waals surface area contributed by atoms with Crippen LogP contribution >= 0.6 is 0 Å². The fraction of sp³-hybridized carbons (Fsp3) is 1.00. The van der Waals surface area contributed by atoms with Crippen LogP contribution in [0.15, 0.2) is 0 Å². The van der Waals surface area contributed by atoms with Crippen molar-refractivity contribution in [3.8, 4) is 0 Å². The summed E-state index contributed by atoms with van der Waals surface area (Å²) in [6.07, 6.45) is -0.709. The zero-order chi connectivity index (χ0) is 14.4. The summed E-state index contributed by atoms with van der Waals surface area (Å²) in [5.74, 6) is 0. The van der Waals surface area contributed by atoms with Crippen LogP contribution in [0.5, 0.6) is 0 Å². The van der Waals surface area contributed by atoms with Gasteiger partial charge in [-0.3, -0.25) is 0 Å². The molecule has 0 N–H and O–H groups in total. The van der Waals surface area contributed by atoms with E-state index in [1.807, 2.05) is 0 Å². The molecular formula is C15H30O3. The van der Waals surface area contributed by atoms with Crippen molar-refractivity contribution >= 4 is 0 Å². The molecule has 0 atom stereocenters. The van der Waals surface area contributed by atoms with Gasteiger partial charge in [0.25, 0.3) is 0 Å². The van der Waals surface area contributed by atoms with Crippen LogP contribution in [0.25, 0.3) is 0 Å². The van der Waals surface area contributed by atoms with Crippen molar-refractivity contribution in [3.05, 3.63) is 0 Å². The Morgan fingerprint density at radius 3 is 0.722 bits per heavy atom. The Kier molecular flexibility index (Phi) is 4.22. The molecule has 108 valence electrons. The van der Waals surface area contributed by atoms with E-state index in [9.17, 15) is 0 Å². The monoisotopic (exact) mass is 258 g/mol. The van der Waals surface area contributed by atoms with E-state index in [2.05, 4.69) is 62.3 Å². The molecule has 1 rings (SSSR count). The first kappa shape index (κ1) is 15.9. The predicted octanol–water partition coefficient (Wildman–Crippen LogP) is 4.17. The number of ether oxygens (including phenoxy) is 3. The first-order valence-electron chi connectivity index (χ1n) is 6.78. The summed E-state index contributed by atoms with van der Waals surface area (Å²) in [6.45, 7) is 19.1. The molecule has 3 heteroatoms. The van der Waals surface area contributed by atoms with Crippen molar-refractivity contribution in [2.24, 2.45) is 16.2 Å². The summed E-state index contributed by atoms with van der Waals surface area (Å²) in [5.41, 5.74) is -0.176. The minimum Gasteiger partial charge on any atom is -0.323 e. The van der Waals surface area contributed by atoms with Crippen LogP contribution < -0.4 is 0 Å². The highest BCUT2D eigenvalue weighted by Gasteiger charge is 2.45. The highest BCUT2D eigenvalue weighted by Crippen LogP contribution is 2.40. The molecule has 1 heterocycles. The van der Waals surface area contributed by atoms with Gasteiger partial charge in [-0.1, -0.05) is 62.3 Å². The lowest BCUT2D eigenvalue weighted by atomic mass is 9.90. The van der Waals surface area contributed by atoms with Gasteiger partial charge in [-0.25, -0.2) is 0 Å². The van der Waals surface area contributed by atoms with E-state index < -0.39 is 0 Å². The predicted molar refractivity (Wildman–Crippen MR) is 73.0 cm³/mol. The van der Waals surface area contributed by atoms with Crippen LogP contribution in [-0.4, -0.2) is 18.9 Å². The molecule has 1 fully saturated rings. The van der Waals surface area contributed by atoms with Gasteiger partial charge in [0.1, 0.15) is 0 Å². The standard InChI is InChI=1S/C15H30O3/c1-13(2,3)10-16-11(14(4,5)6)18-12(17-10)15(7,8)9/h10-12H,1-9H3. The van der Waals surface area contributed by atoms with Crippen molar-refractivity contribution in [2.75, 3.05) is 0 Å². The molecule has 3 nitrogen and oxygen atoms in total. The fourth-order valence-electron chi connectivity index (χ4n) is 1.66. The molecule has 1 aliphatic heterocycles. The summed E-state index contributed by atoms with van der Waals surface area (Å²) in [7, 11) is 0. The van der Waals surface area contributed by atoms with E-state index in [0.717, 1.165) is 0 Å². The van der Waals surface area contributed by atoms with Gasteiger partial charge in [-0.05, 0) is 0 Å². The summed E-state index contributed by atoms with van der Waals surface area (Å²) >= 11 is 0. The number of hydrogen-bond acceptors (Lipinski definition) is 3. The summed E-state index contributed by atoms with van der Waals surface area (Å²) in [5, 5.41) is 0. The average Bonchev–Trinajstić information content (AvgIpc) is 2.13. The van der Waals surface area contributed by atoms with Crippen LogP contribution in [-0.2, 0) is 14.2 Å². The Hall–Kier alpha value is -0.120. The number of rotatable bonds is 0. The Morgan fingerprint density at radius 2 is 0.611 bits per heavy atom. The van der Waals surface area contributed by atoms with Gasteiger partial charge >= 0.3 is 0 Å². The van der Waals surface area contributed by atoms with Crippen LogP contribution in [0.2, 0.25) is 0 Å². The maximum absolute atomic E-state index is 6.00. The molecule has 0 aromatic carbocycles. The van der Waals surface area contributed by atoms with Gasteiger partial charge in [0.05, 0.1) is 0 Å². The summed E-state index contributed by atoms with van der Waals surface area (Å²) in [6, 6.07) is 0. The third-order valence-electron chi connectivity index (χ3n) is 2.86. The Balaban J connectivity index is 2.93. The third kappa shape index (κ3) is 3.94. The molecule has 0 aromatic rings. The normalized spacial score (nSPS) is 31.5. The molecule has 0 aliphatic carbocycles. The number of hydrogen-bond donors (Lipinski definition) is 0. The zero-order valence-electron chi connectivity index (χ0n) is 13.5. The average molecular weight is 258 g/mol. The topological polar surface area (TPSA) is 27.7 Å². The van der Waals surface area contributed by atoms with E-state index in [0.29, 0.717) is 0 Å². The first-order chi connectivity index (χ1) is 7.82. The van der Waals surface area contributed by atoms with Crippen molar-refractivity contribution in [3.63, 3.8) is 0 Å². The molecule has 1 aliphatic rings. The largest absolute Gasteiger partial charge is 0.323 e. The lowest BCUT2D eigenvalue weighted by molar-refractivity contribution is -0.436. The molecule has 0 unspecified atom stereocenters. The second-order valence-corrected chi connectivity index (χ2v) is 8.50. The molecule has 0 saturated carbocycles. The van der Waals surface area contributed by atoms with Gasteiger partial charge < -0.3 is 14.2 Å². The zero-order valence-corrected chi connectivity index (χ0v) is 13.5. The van der Waals surface area contributed by atoms with Gasteiger partial charge in [0.15, 0.2) is 18.9 Å². The smallest absolute Gasteiger partial charge is 0.168 e. The molecule has 0 radical (unpaired) electrons. The van der Waals surface area contributed by atoms with E-state index in [1.54, 1.807) is 0 Å². The van der Waals surface area contributed by atoms with Gasteiger partial charge in [-0.15, -0.1) is 0 Å². The van der Waals surface area contributed by atoms with E-state index >= 15 is 0 Å². The highest BCUT2D eigenvalue weighted by atomic mass is 16.9. The van der Waals surface area contributed by atoms with Crippen molar-refractivity contribution in [1.29, 1.82) is 0 Å². The van der Waals surface area contributed by atoms with E-state index in [1.165, 1.54) is 0 Å². The Morgan fingerprint density at radius 1 is 0.444 bits per heavy atom. The molecule has 1 saturated heterocycles. The van der Waals surface area contributed by atoms with Gasteiger partial charge in [0.2, 0.25) is 0 Å². The van der Waals surface area contributed by atoms with Crippen LogP contribution in [0.3, 0.4) is 0 Å². The quantitative estimate of drug-likeness (QED) is 0.653. The highest BCUT2D eigenvalue weighted by molar-refractivity contribution is 4.79. The lowest BCUT2D eigenvalue weighted by Crippen LogP contribution is -2.53. The Labute approximate surface area is 112 Å². The van der Waals surface area contributed by atoms with Crippen LogP contribution in [0, 0.1) is 16.2 Å². The second kappa shape index (κ2) is 4.77. The van der Waals surface area contributed by atoms with Gasteiger partial charge in [0, 0.05) is 16.2 Å². The van der Waals surface area contributed by atoms with Crippen LogP contribution in [0.4, 0.5) is 0 Å².